The normalized spacial score (nSPS) is 16.2. The van der Waals surface area contributed by atoms with Crippen molar-refractivity contribution in [2.75, 3.05) is 20.6 Å². The van der Waals surface area contributed by atoms with Gasteiger partial charge in [-0.25, -0.2) is 0 Å². The van der Waals surface area contributed by atoms with E-state index in [4.69, 9.17) is 0 Å². The minimum Gasteiger partial charge on any atom is -0.350 e. The number of pyridine rings is 1. The predicted molar refractivity (Wildman–Crippen MR) is 92.0 cm³/mol. The first-order valence-corrected chi connectivity index (χ1v) is 8.20. The molecule has 1 atom stereocenters. The molecular formula is C18H18F3N5O. The van der Waals surface area contributed by atoms with Gasteiger partial charge in [0.15, 0.2) is 0 Å². The molecule has 2 aromatic rings. The number of carbonyl (C=O) groups excluding carboxylic acids is 1. The van der Waals surface area contributed by atoms with Gasteiger partial charge in [-0.05, 0) is 37.9 Å². The molecule has 0 spiro atoms. The Morgan fingerprint density at radius 1 is 1.22 bits per heavy atom. The lowest BCUT2D eigenvalue weighted by molar-refractivity contribution is -0.166. The lowest BCUT2D eigenvalue weighted by atomic mass is 10.00. The fourth-order valence-corrected chi connectivity index (χ4v) is 2.78. The summed E-state index contributed by atoms with van der Waals surface area (Å²) >= 11 is 0. The number of amides is 1. The van der Waals surface area contributed by atoms with Crippen LogP contribution in [0.1, 0.15) is 27.5 Å². The Kier molecular flexibility index (Phi) is 4.97. The standard InChI is InChI=1S/C18H18F3N5O/c1-26(2)15(13-6-4-8-22-10-13)11-23-16(27)12-5-3-7-14(9-12)17(24-25-17)18(19,20)21/h3-10,15H,11H2,1-2H3,(H,23,27). The third kappa shape index (κ3) is 3.82. The maximum absolute atomic E-state index is 13.1. The lowest BCUT2D eigenvalue weighted by Crippen LogP contribution is -2.35. The first kappa shape index (κ1) is 19.0. The van der Waals surface area contributed by atoms with Crippen LogP contribution in [0.15, 0.2) is 59.0 Å². The zero-order valence-electron chi connectivity index (χ0n) is 14.7. The van der Waals surface area contributed by atoms with Gasteiger partial charge < -0.3 is 10.2 Å². The highest BCUT2D eigenvalue weighted by Crippen LogP contribution is 2.52. The Bertz CT molecular complexity index is 846. The molecule has 1 aliphatic heterocycles. The zero-order valence-corrected chi connectivity index (χ0v) is 14.7. The van der Waals surface area contributed by atoms with Crippen LogP contribution in [0.4, 0.5) is 13.2 Å². The Hall–Kier alpha value is -2.81. The van der Waals surface area contributed by atoms with E-state index in [1.807, 2.05) is 25.1 Å². The van der Waals surface area contributed by atoms with E-state index >= 15 is 0 Å². The Labute approximate surface area is 154 Å². The van der Waals surface area contributed by atoms with Crippen LogP contribution in [0.25, 0.3) is 0 Å². The second-order valence-corrected chi connectivity index (χ2v) is 6.43. The van der Waals surface area contributed by atoms with Gasteiger partial charge in [-0.3, -0.25) is 9.78 Å². The molecule has 0 saturated heterocycles. The molecule has 1 aromatic heterocycles. The van der Waals surface area contributed by atoms with Crippen molar-refractivity contribution in [1.82, 2.24) is 15.2 Å². The van der Waals surface area contributed by atoms with Crippen LogP contribution in [0.2, 0.25) is 0 Å². The summed E-state index contributed by atoms with van der Waals surface area (Å²) in [7, 11) is 3.74. The molecule has 6 nitrogen and oxygen atoms in total. The van der Waals surface area contributed by atoms with Crippen LogP contribution >= 0.6 is 0 Å². The summed E-state index contributed by atoms with van der Waals surface area (Å²) in [5.41, 5.74) is -1.66. The van der Waals surface area contributed by atoms with Gasteiger partial charge in [0.05, 0.1) is 6.04 Å². The van der Waals surface area contributed by atoms with Crippen LogP contribution in [0.3, 0.4) is 0 Å². The van der Waals surface area contributed by atoms with Crippen LogP contribution in [0, 0.1) is 0 Å². The molecule has 0 saturated carbocycles. The van der Waals surface area contributed by atoms with Crippen molar-refractivity contribution in [3.8, 4) is 0 Å². The van der Waals surface area contributed by atoms with Gasteiger partial charge >= 0.3 is 11.8 Å². The average molecular weight is 377 g/mol. The lowest BCUT2D eigenvalue weighted by Gasteiger charge is -2.24. The van der Waals surface area contributed by atoms with E-state index in [2.05, 4.69) is 20.5 Å². The minimum absolute atomic E-state index is 0.122. The monoisotopic (exact) mass is 377 g/mol. The van der Waals surface area contributed by atoms with Crippen molar-refractivity contribution < 1.29 is 18.0 Å². The first-order chi connectivity index (χ1) is 12.7. The van der Waals surface area contributed by atoms with Crippen molar-refractivity contribution in [2.45, 2.75) is 17.9 Å². The molecule has 1 aromatic carbocycles. The summed E-state index contributed by atoms with van der Waals surface area (Å²) in [4.78, 5) is 18.5. The molecule has 142 valence electrons. The van der Waals surface area contributed by atoms with Gasteiger partial charge in [0.1, 0.15) is 0 Å². The number of aromatic nitrogens is 1. The number of hydrogen-bond acceptors (Lipinski definition) is 5. The molecule has 3 rings (SSSR count). The summed E-state index contributed by atoms with van der Waals surface area (Å²) < 4.78 is 39.4. The van der Waals surface area contributed by atoms with Crippen LogP contribution in [0.5, 0.6) is 0 Å². The SMILES string of the molecule is CN(C)C(CNC(=O)c1cccc(C2(C(F)(F)F)N=N2)c1)c1cccnc1. The van der Waals surface area contributed by atoms with E-state index < -0.39 is 17.7 Å². The second-order valence-electron chi connectivity index (χ2n) is 6.43. The fraction of sp³-hybridized carbons (Fsp3) is 0.333. The zero-order chi connectivity index (χ0) is 19.7. The van der Waals surface area contributed by atoms with Gasteiger partial charge in [-0.2, -0.15) is 13.2 Å². The number of nitrogens with zero attached hydrogens (tertiary/aromatic N) is 4. The fourth-order valence-electron chi connectivity index (χ4n) is 2.78. The molecule has 1 N–H and O–H groups in total. The second kappa shape index (κ2) is 7.07. The molecule has 2 heterocycles. The van der Waals surface area contributed by atoms with Gasteiger partial charge in [0.2, 0.25) is 0 Å². The smallest absolute Gasteiger partial charge is 0.350 e. The van der Waals surface area contributed by atoms with E-state index in [0.29, 0.717) is 0 Å². The first-order valence-electron chi connectivity index (χ1n) is 8.20. The number of benzene rings is 1. The maximum Gasteiger partial charge on any atom is 0.442 e. The largest absolute Gasteiger partial charge is 0.442 e. The molecule has 0 radical (unpaired) electrons. The molecule has 27 heavy (non-hydrogen) atoms. The topological polar surface area (TPSA) is 70.0 Å². The highest BCUT2D eigenvalue weighted by atomic mass is 19.4. The Morgan fingerprint density at radius 2 is 1.96 bits per heavy atom. The van der Waals surface area contributed by atoms with Crippen molar-refractivity contribution in [2.24, 2.45) is 10.2 Å². The van der Waals surface area contributed by atoms with Gasteiger partial charge in [-0.15, -0.1) is 10.2 Å². The summed E-state index contributed by atoms with van der Waals surface area (Å²) in [5, 5.41) is 9.10. The van der Waals surface area contributed by atoms with Gasteiger partial charge in [0, 0.05) is 30.1 Å². The summed E-state index contributed by atoms with van der Waals surface area (Å²) in [6, 6.07) is 8.87. The third-order valence-electron chi connectivity index (χ3n) is 4.37. The predicted octanol–water partition coefficient (Wildman–Crippen LogP) is 3.30. The molecule has 0 fully saturated rings. The number of halogens is 3. The van der Waals surface area contributed by atoms with E-state index in [9.17, 15) is 18.0 Å². The molecule has 1 amide bonds. The highest BCUT2D eigenvalue weighted by Gasteiger charge is 2.65. The van der Waals surface area contributed by atoms with Gasteiger partial charge in [0.25, 0.3) is 5.91 Å². The molecule has 0 aliphatic carbocycles. The summed E-state index contributed by atoms with van der Waals surface area (Å²) in [6.07, 6.45) is -1.26. The number of likely N-dealkylation sites (N-methyl/N-ethyl adjacent to an activating group) is 1. The number of hydrogen-bond donors (Lipinski definition) is 1. The van der Waals surface area contributed by atoms with Crippen LogP contribution in [-0.2, 0) is 5.66 Å². The van der Waals surface area contributed by atoms with E-state index in [-0.39, 0.29) is 23.7 Å². The number of carbonyl (C=O) groups is 1. The summed E-state index contributed by atoms with van der Waals surface area (Å²) in [5.74, 6) is -0.467. The van der Waals surface area contributed by atoms with E-state index in [0.717, 1.165) is 5.56 Å². The third-order valence-corrected chi connectivity index (χ3v) is 4.37. The number of rotatable bonds is 6. The number of alkyl halides is 3. The van der Waals surface area contributed by atoms with E-state index in [1.54, 1.807) is 18.5 Å². The van der Waals surface area contributed by atoms with Crippen molar-refractivity contribution in [3.05, 3.63) is 65.5 Å². The van der Waals surface area contributed by atoms with Crippen molar-refractivity contribution in [1.29, 1.82) is 0 Å². The average Bonchev–Trinajstić information content (AvgIpc) is 3.44. The maximum atomic E-state index is 13.1. The number of nitrogens with one attached hydrogen (secondary N) is 1. The van der Waals surface area contributed by atoms with Crippen LogP contribution in [-0.4, -0.2) is 42.6 Å². The molecule has 1 aliphatic rings. The van der Waals surface area contributed by atoms with Crippen molar-refractivity contribution in [3.63, 3.8) is 0 Å². The molecule has 9 heteroatoms. The van der Waals surface area contributed by atoms with Gasteiger partial charge in [-0.1, -0.05) is 18.2 Å². The highest BCUT2D eigenvalue weighted by molar-refractivity contribution is 5.94. The van der Waals surface area contributed by atoms with Crippen molar-refractivity contribution >= 4 is 5.91 Å². The molecular weight excluding hydrogens is 359 g/mol. The Balaban J connectivity index is 1.73. The van der Waals surface area contributed by atoms with Crippen LogP contribution < -0.4 is 5.32 Å². The minimum atomic E-state index is -4.63. The molecule has 1 unspecified atom stereocenters. The Morgan fingerprint density at radius 3 is 2.52 bits per heavy atom. The molecule has 0 bridgehead atoms. The quantitative estimate of drug-likeness (QED) is 0.840. The van der Waals surface area contributed by atoms with E-state index in [1.165, 1.54) is 24.3 Å². The summed E-state index contributed by atoms with van der Waals surface area (Å²) in [6.45, 7) is 0.279.